The number of nitrogen functional groups attached to an aromatic ring is 1. The lowest BCUT2D eigenvalue weighted by atomic mass is 10.2. The molecule has 0 saturated heterocycles. The van der Waals surface area contributed by atoms with Gasteiger partial charge in [0.25, 0.3) is 0 Å². The monoisotopic (exact) mass is 292 g/mol. The molecule has 5 heteroatoms. The molecular weight excluding hydrogens is 280 g/mol. The molecule has 0 spiro atoms. The molecule has 2 aromatic rings. The van der Waals surface area contributed by atoms with E-state index >= 15 is 0 Å². The Hall–Kier alpha value is -1.62. The second kappa shape index (κ2) is 4.71. The summed E-state index contributed by atoms with van der Waals surface area (Å²) < 4.78 is 0.815. The van der Waals surface area contributed by atoms with E-state index in [0.717, 1.165) is 16.0 Å². The SMILES string of the molecule is Cc1ccc(N(C)c2nc(N)ncc2Br)cc1. The third kappa shape index (κ3) is 2.55. The topological polar surface area (TPSA) is 55.0 Å². The van der Waals surface area contributed by atoms with Gasteiger partial charge in [-0.1, -0.05) is 17.7 Å². The fourth-order valence-corrected chi connectivity index (χ4v) is 1.95. The number of aromatic nitrogens is 2. The van der Waals surface area contributed by atoms with E-state index in [2.05, 4.69) is 45.0 Å². The molecule has 0 saturated carbocycles. The minimum Gasteiger partial charge on any atom is -0.368 e. The third-order valence-electron chi connectivity index (χ3n) is 2.48. The average molecular weight is 293 g/mol. The van der Waals surface area contributed by atoms with Crippen LogP contribution in [0.3, 0.4) is 0 Å². The van der Waals surface area contributed by atoms with E-state index in [-0.39, 0.29) is 5.95 Å². The summed E-state index contributed by atoms with van der Waals surface area (Å²) in [5.74, 6) is 1.02. The number of anilines is 3. The van der Waals surface area contributed by atoms with Crippen LogP contribution in [-0.4, -0.2) is 17.0 Å². The molecule has 0 radical (unpaired) electrons. The molecule has 0 atom stereocenters. The van der Waals surface area contributed by atoms with E-state index in [1.165, 1.54) is 5.56 Å². The smallest absolute Gasteiger partial charge is 0.222 e. The van der Waals surface area contributed by atoms with Crippen LogP contribution in [0.4, 0.5) is 17.5 Å². The van der Waals surface area contributed by atoms with Crippen molar-refractivity contribution in [2.24, 2.45) is 0 Å². The minimum atomic E-state index is 0.266. The zero-order valence-electron chi connectivity index (χ0n) is 9.68. The van der Waals surface area contributed by atoms with Crippen molar-refractivity contribution in [1.82, 2.24) is 9.97 Å². The number of hydrogen-bond acceptors (Lipinski definition) is 4. The molecule has 0 aliphatic heterocycles. The van der Waals surface area contributed by atoms with E-state index in [9.17, 15) is 0 Å². The summed E-state index contributed by atoms with van der Waals surface area (Å²) in [5, 5.41) is 0. The third-order valence-corrected chi connectivity index (χ3v) is 3.04. The molecular formula is C12H13BrN4. The molecule has 0 unspecified atom stereocenters. The normalized spacial score (nSPS) is 10.3. The second-order valence-electron chi connectivity index (χ2n) is 3.79. The first-order chi connectivity index (χ1) is 8.08. The van der Waals surface area contributed by atoms with Crippen LogP contribution in [0.25, 0.3) is 0 Å². The Morgan fingerprint density at radius 1 is 1.24 bits per heavy atom. The van der Waals surface area contributed by atoms with Crippen LogP contribution in [0.1, 0.15) is 5.56 Å². The Bertz CT molecular complexity index is 525. The fourth-order valence-electron chi connectivity index (χ4n) is 1.50. The van der Waals surface area contributed by atoms with Gasteiger partial charge in [-0.25, -0.2) is 4.98 Å². The van der Waals surface area contributed by atoms with Gasteiger partial charge in [-0.15, -0.1) is 0 Å². The maximum atomic E-state index is 5.60. The maximum Gasteiger partial charge on any atom is 0.222 e. The van der Waals surface area contributed by atoms with Gasteiger partial charge in [-0.2, -0.15) is 4.98 Å². The summed E-state index contributed by atoms with van der Waals surface area (Å²) in [6.45, 7) is 2.06. The zero-order chi connectivity index (χ0) is 12.4. The highest BCUT2D eigenvalue weighted by Crippen LogP contribution is 2.28. The number of hydrogen-bond donors (Lipinski definition) is 1. The van der Waals surface area contributed by atoms with Crippen molar-refractivity contribution < 1.29 is 0 Å². The van der Waals surface area contributed by atoms with Crippen molar-refractivity contribution in [2.75, 3.05) is 17.7 Å². The van der Waals surface area contributed by atoms with Gasteiger partial charge < -0.3 is 10.6 Å². The lowest BCUT2D eigenvalue weighted by molar-refractivity contribution is 1.08. The van der Waals surface area contributed by atoms with E-state index < -0.39 is 0 Å². The molecule has 17 heavy (non-hydrogen) atoms. The van der Waals surface area contributed by atoms with Gasteiger partial charge in [-0.05, 0) is 35.0 Å². The van der Waals surface area contributed by atoms with Crippen LogP contribution in [0.15, 0.2) is 34.9 Å². The number of halogens is 1. The van der Waals surface area contributed by atoms with Gasteiger partial charge in [0.05, 0.1) is 4.47 Å². The first-order valence-electron chi connectivity index (χ1n) is 5.16. The summed E-state index contributed by atoms with van der Waals surface area (Å²) >= 11 is 3.42. The number of nitrogens with two attached hydrogens (primary N) is 1. The highest BCUT2D eigenvalue weighted by Gasteiger charge is 2.10. The maximum absolute atomic E-state index is 5.60. The first-order valence-corrected chi connectivity index (χ1v) is 5.95. The molecule has 2 rings (SSSR count). The van der Waals surface area contributed by atoms with Gasteiger partial charge in [0.15, 0.2) is 5.82 Å². The largest absolute Gasteiger partial charge is 0.368 e. The van der Waals surface area contributed by atoms with E-state index in [4.69, 9.17) is 5.73 Å². The molecule has 1 aromatic heterocycles. The molecule has 0 aliphatic carbocycles. The highest BCUT2D eigenvalue weighted by atomic mass is 79.9. The molecule has 1 heterocycles. The quantitative estimate of drug-likeness (QED) is 0.925. The van der Waals surface area contributed by atoms with Crippen LogP contribution in [0.2, 0.25) is 0 Å². The van der Waals surface area contributed by atoms with Crippen molar-refractivity contribution in [3.05, 3.63) is 40.5 Å². The Labute approximate surface area is 109 Å². The highest BCUT2D eigenvalue weighted by molar-refractivity contribution is 9.10. The zero-order valence-corrected chi connectivity index (χ0v) is 11.3. The lowest BCUT2D eigenvalue weighted by Gasteiger charge is -2.19. The molecule has 0 fully saturated rings. The summed E-state index contributed by atoms with van der Waals surface area (Å²) in [6, 6.07) is 8.20. The van der Waals surface area contributed by atoms with Crippen molar-refractivity contribution >= 4 is 33.4 Å². The van der Waals surface area contributed by atoms with Gasteiger partial charge in [0.1, 0.15) is 0 Å². The van der Waals surface area contributed by atoms with Crippen molar-refractivity contribution in [3.63, 3.8) is 0 Å². The Morgan fingerprint density at radius 3 is 2.53 bits per heavy atom. The summed E-state index contributed by atoms with van der Waals surface area (Å²) in [6.07, 6.45) is 1.66. The Kier molecular flexibility index (Phi) is 3.28. The Morgan fingerprint density at radius 2 is 1.88 bits per heavy atom. The van der Waals surface area contributed by atoms with Gasteiger partial charge in [-0.3, -0.25) is 0 Å². The predicted molar refractivity (Wildman–Crippen MR) is 73.4 cm³/mol. The van der Waals surface area contributed by atoms with Gasteiger partial charge >= 0.3 is 0 Å². The standard InChI is InChI=1S/C12H13BrN4/c1-8-3-5-9(6-4-8)17(2)11-10(13)7-15-12(14)16-11/h3-7H,1-2H3,(H2,14,15,16). The van der Waals surface area contributed by atoms with E-state index in [1.807, 2.05) is 24.1 Å². The summed E-state index contributed by atoms with van der Waals surface area (Å²) in [7, 11) is 1.94. The lowest BCUT2D eigenvalue weighted by Crippen LogP contribution is -2.13. The minimum absolute atomic E-state index is 0.266. The summed E-state index contributed by atoms with van der Waals surface area (Å²) in [5.41, 5.74) is 7.87. The fraction of sp³-hybridized carbons (Fsp3) is 0.167. The molecule has 4 nitrogen and oxygen atoms in total. The van der Waals surface area contributed by atoms with Crippen LogP contribution in [0.5, 0.6) is 0 Å². The molecule has 0 bridgehead atoms. The molecule has 88 valence electrons. The van der Waals surface area contributed by atoms with Crippen LogP contribution in [-0.2, 0) is 0 Å². The molecule has 1 aromatic carbocycles. The van der Waals surface area contributed by atoms with Crippen molar-refractivity contribution in [3.8, 4) is 0 Å². The average Bonchev–Trinajstić information content (AvgIpc) is 2.32. The first kappa shape index (κ1) is 11.9. The predicted octanol–water partition coefficient (Wildman–Crippen LogP) is 2.90. The van der Waals surface area contributed by atoms with Crippen molar-refractivity contribution in [2.45, 2.75) is 6.92 Å². The van der Waals surface area contributed by atoms with Crippen molar-refractivity contribution in [1.29, 1.82) is 0 Å². The Balaban J connectivity index is 2.39. The number of rotatable bonds is 2. The second-order valence-corrected chi connectivity index (χ2v) is 4.65. The van der Waals surface area contributed by atoms with Crippen LogP contribution >= 0.6 is 15.9 Å². The van der Waals surface area contributed by atoms with Crippen LogP contribution < -0.4 is 10.6 Å². The number of benzene rings is 1. The number of aryl methyl sites for hydroxylation is 1. The number of nitrogens with zero attached hydrogens (tertiary/aromatic N) is 3. The van der Waals surface area contributed by atoms with Gasteiger partial charge in [0.2, 0.25) is 5.95 Å². The van der Waals surface area contributed by atoms with E-state index in [1.54, 1.807) is 6.20 Å². The molecule has 0 aliphatic rings. The summed E-state index contributed by atoms with van der Waals surface area (Å²) in [4.78, 5) is 10.1. The molecule has 0 amide bonds. The van der Waals surface area contributed by atoms with Crippen LogP contribution in [0, 0.1) is 6.92 Å². The van der Waals surface area contributed by atoms with E-state index in [0.29, 0.717) is 0 Å². The van der Waals surface area contributed by atoms with Gasteiger partial charge in [0, 0.05) is 18.9 Å². The molecule has 2 N–H and O–H groups in total.